The lowest BCUT2D eigenvalue weighted by atomic mass is 9.94. The minimum atomic E-state index is -0.0621. The first-order chi connectivity index (χ1) is 6.67. The Bertz CT molecular complexity index is 156. The van der Waals surface area contributed by atoms with Crippen molar-refractivity contribution < 1.29 is 5.11 Å². The molecule has 1 rings (SSSR count). The Balaban J connectivity index is 2.32. The summed E-state index contributed by atoms with van der Waals surface area (Å²) in [6, 6.07) is 0. The van der Waals surface area contributed by atoms with Gasteiger partial charge < -0.3 is 10.0 Å². The van der Waals surface area contributed by atoms with E-state index in [1.165, 1.54) is 19.4 Å². The molecule has 1 fully saturated rings. The van der Waals surface area contributed by atoms with E-state index in [0.717, 1.165) is 25.4 Å². The maximum Gasteiger partial charge on any atom is 0.0590 e. The summed E-state index contributed by atoms with van der Waals surface area (Å²) in [5.74, 6) is 1.30. The van der Waals surface area contributed by atoms with Gasteiger partial charge in [0, 0.05) is 19.6 Å². The molecule has 2 unspecified atom stereocenters. The van der Waals surface area contributed by atoms with Gasteiger partial charge in [-0.2, -0.15) is 0 Å². The summed E-state index contributed by atoms with van der Waals surface area (Å²) in [5, 5.41) is 9.62. The van der Waals surface area contributed by atoms with Crippen molar-refractivity contribution in [3.63, 3.8) is 0 Å². The fraction of sp³-hybridized carbons (Fsp3) is 1.00. The molecule has 1 heterocycles. The van der Waals surface area contributed by atoms with Crippen molar-refractivity contribution in [2.24, 2.45) is 11.8 Å². The summed E-state index contributed by atoms with van der Waals surface area (Å²) in [6.07, 6.45) is 3.46. The van der Waals surface area contributed by atoms with Crippen LogP contribution >= 0.6 is 0 Å². The van der Waals surface area contributed by atoms with Gasteiger partial charge in [-0.15, -0.1) is 0 Å². The highest BCUT2D eigenvalue weighted by molar-refractivity contribution is 4.78. The van der Waals surface area contributed by atoms with Crippen LogP contribution in [0.1, 0.15) is 40.0 Å². The van der Waals surface area contributed by atoms with Gasteiger partial charge in [-0.3, -0.25) is 0 Å². The van der Waals surface area contributed by atoms with Crippen molar-refractivity contribution in [1.29, 1.82) is 0 Å². The second-order valence-electron chi connectivity index (χ2n) is 4.78. The van der Waals surface area contributed by atoms with Gasteiger partial charge in [0.15, 0.2) is 0 Å². The first kappa shape index (κ1) is 12.0. The molecule has 0 aromatic carbocycles. The molecule has 1 N–H and O–H groups in total. The van der Waals surface area contributed by atoms with Crippen LogP contribution in [0.15, 0.2) is 0 Å². The molecule has 0 spiro atoms. The van der Waals surface area contributed by atoms with Crippen LogP contribution in [0.5, 0.6) is 0 Å². The summed E-state index contributed by atoms with van der Waals surface area (Å²) < 4.78 is 0. The molecule has 84 valence electrons. The molecule has 0 saturated carbocycles. The molecule has 2 heteroatoms. The predicted octanol–water partition coefficient (Wildman–Crippen LogP) is 2.13. The molecule has 0 aromatic heterocycles. The van der Waals surface area contributed by atoms with Crippen LogP contribution < -0.4 is 0 Å². The Morgan fingerprint density at radius 1 is 1.36 bits per heavy atom. The average Bonchev–Trinajstić information content (AvgIpc) is 2.19. The van der Waals surface area contributed by atoms with Gasteiger partial charge in [-0.05, 0) is 18.3 Å². The average molecular weight is 199 g/mol. The summed E-state index contributed by atoms with van der Waals surface area (Å²) in [6.45, 7) is 10.1. The van der Waals surface area contributed by atoms with E-state index in [9.17, 15) is 5.11 Å². The number of aliphatic hydroxyl groups excluding tert-OH is 1. The third-order valence-corrected chi connectivity index (χ3v) is 3.62. The predicted molar refractivity (Wildman–Crippen MR) is 60.3 cm³/mol. The Morgan fingerprint density at radius 3 is 2.50 bits per heavy atom. The van der Waals surface area contributed by atoms with Crippen molar-refractivity contribution in [3.8, 4) is 0 Å². The molecule has 1 saturated heterocycles. The van der Waals surface area contributed by atoms with Crippen molar-refractivity contribution >= 4 is 0 Å². The maximum atomic E-state index is 9.62. The highest BCUT2D eigenvalue weighted by atomic mass is 16.3. The second-order valence-corrected chi connectivity index (χ2v) is 4.78. The lowest BCUT2D eigenvalue weighted by Crippen LogP contribution is -2.43. The molecule has 2 atom stereocenters. The van der Waals surface area contributed by atoms with E-state index in [1.54, 1.807) is 0 Å². The third-order valence-electron chi connectivity index (χ3n) is 3.62. The highest BCUT2D eigenvalue weighted by Crippen LogP contribution is 2.19. The number of nitrogens with zero attached hydrogens (tertiary/aromatic N) is 1. The van der Waals surface area contributed by atoms with Crippen molar-refractivity contribution in [3.05, 3.63) is 0 Å². The molecule has 0 bridgehead atoms. The molecule has 0 aromatic rings. The molecule has 1 aliphatic rings. The van der Waals surface area contributed by atoms with Crippen LogP contribution in [0, 0.1) is 11.8 Å². The van der Waals surface area contributed by atoms with E-state index in [2.05, 4.69) is 25.7 Å². The fourth-order valence-corrected chi connectivity index (χ4v) is 2.30. The van der Waals surface area contributed by atoms with Crippen LogP contribution in [0.4, 0.5) is 0 Å². The van der Waals surface area contributed by atoms with Gasteiger partial charge in [-0.25, -0.2) is 0 Å². The third kappa shape index (κ3) is 3.25. The number of aliphatic hydroxyl groups is 1. The van der Waals surface area contributed by atoms with Gasteiger partial charge in [0.05, 0.1) is 6.10 Å². The SMILES string of the molecule is CCC(CC)CN1CCC(O)C(C)C1. The largest absolute Gasteiger partial charge is 0.393 e. The minimum absolute atomic E-state index is 0.0621. The van der Waals surface area contributed by atoms with Crippen LogP contribution in [0.25, 0.3) is 0 Å². The van der Waals surface area contributed by atoms with Crippen molar-refractivity contribution in [2.45, 2.75) is 46.1 Å². The zero-order chi connectivity index (χ0) is 10.6. The van der Waals surface area contributed by atoms with Crippen LogP contribution in [0.2, 0.25) is 0 Å². The zero-order valence-electron chi connectivity index (χ0n) is 9.87. The lowest BCUT2D eigenvalue weighted by Gasteiger charge is -2.36. The van der Waals surface area contributed by atoms with E-state index in [4.69, 9.17) is 0 Å². The van der Waals surface area contributed by atoms with Crippen LogP contribution in [0.3, 0.4) is 0 Å². The number of piperidine rings is 1. The van der Waals surface area contributed by atoms with Crippen LogP contribution in [-0.2, 0) is 0 Å². The van der Waals surface area contributed by atoms with E-state index >= 15 is 0 Å². The molecule has 1 aliphatic heterocycles. The number of hydrogen-bond acceptors (Lipinski definition) is 2. The van der Waals surface area contributed by atoms with E-state index in [1.807, 2.05) is 0 Å². The quantitative estimate of drug-likeness (QED) is 0.749. The fourth-order valence-electron chi connectivity index (χ4n) is 2.30. The van der Waals surface area contributed by atoms with Gasteiger partial charge in [0.1, 0.15) is 0 Å². The lowest BCUT2D eigenvalue weighted by molar-refractivity contribution is 0.0286. The minimum Gasteiger partial charge on any atom is -0.393 e. The monoisotopic (exact) mass is 199 g/mol. The standard InChI is InChI=1S/C12H25NO/c1-4-11(5-2)9-13-7-6-12(14)10(3)8-13/h10-12,14H,4-9H2,1-3H3. The summed E-state index contributed by atoms with van der Waals surface area (Å²) in [5.41, 5.74) is 0. The Kier molecular flexibility index (Phi) is 4.90. The summed E-state index contributed by atoms with van der Waals surface area (Å²) in [7, 11) is 0. The van der Waals surface area contributed by atoms with Gasteiger partial charge in [0.2, 0.25) is 0 Å². The van der Waals surface area contributed by atoms with E-state index < -0.39 is 0 Å². The van der Waals surface area contributed by atoms with Gasteiger partial charge >= 0.3 is 0 Å². The Hall–Kier alpha value is -0.0800. The van der Waals surface area contributed by atoms with Gasteiger partial charge in [0.25, 0.3) is 0 Å². The Morgan fingerprint density at radius 2 is 2.00 bits per heavy atom. The maximum absolute atomic E-state index is 9.62. The van der Waals surface area contributed by atoms with Gasteiger partial charge in [-0.1, -0.05) is 33.6 Å². The topological polar surface area (TPSA) is 23.5 Å². The summed E-state index contributed by atoms with van der Waals surface area (Å²) in [4.78, 5) is 2.52. The number of rotatable bonds is 4. The second kappa shape index (κ2) is 5.72. The number of likely N-dealkylation sites (tertiary alicyclic amines) is 1. The van der Waals surface area contributed by atoms with E-state index in [0.29, 0.717) is 5.92 Å². The molecular weight excluding hydrogens is 174 g/mol. The molecule has 0 aliphatic carbocycles. The van der Waals surface area contributed by atoms with Crippen LogP contribution in [-0.4, -0.2) is 35.7 Å². The van der Waals surface area contributed by atoms with Crippen molar-refractivity contribution in [2.75, 3.05) is 19.6 Å². The number of hydrogen-bond donors (Lipinski definition) is 1. The highest BCUT2D eigenvalue weighted by Gasteiger charge is 2.24. The van der Waals surface area contributed by atoms with Crippen molar-refractivity contribution in [1.82, 2.24) is 4.90 Å². The molecule has 0 radical (unpaired) electrons. The molecule has 0 amide bonds. The first-order valence-corrected chi connectivity index (χ1v) is 6.07. The molecular formula is C12H25NO. The summed E-state index contributed by atoms with van der Waals surface area (Å²) >= 11 is 0. The van der Waals surface area contributed by atoms with E-state index in [-0.39, 0.29) is 6.10 Å². The molecule has 14 heavy (non-hydrogen) atoms. The smallest absolute Gasteiger partial charge is 0.0590 e. The zero-order valence-corrected chi connectivity index (χ0v) is 9.87. The Labute approximate surface area is 88.3 Å². The molecule has 2 nitrogen and oxygen atoms in total. The first-order valence-electron chi connectivity index (χ1n) is 6.07. The normalized spacial score (nSPS) is 29.8.